The number of aryl methyl sites for hydroxylation is 1. The van der Waals surface area contributed by atoms with Gasteiger partial charge in [0.25, 0.3) is 5.91 Å². The van der Waals surface area contributed by atoms with Gasteiger partial charge in [0, 0.05) is 31.5 Å². The molecule has 1 aromatic heterocycles. The van der Waals surface area contributed by atoms with Gasteiger partial charge in [0.1, 0.15) is 5.69 Å². The number of likely N-dealkylation sites (tertiary alicyclic amines) is 1. The normalized spacial score (nSPS) is 22.9. The summed E-state index contributed by atoms with van der Waals surface area (Å²) < 4.78 is 0. The van der Waals surface area contributed by atoms with Crippen LogP contribution >= 0.6 is 0 Å². The Hall–Kier alpha value is -2.76. The van der Waals surface area contributed by atoms with Crippen LogP contribution in [0.4, 0.5) is 5.69 Å². The molecule has 0 radical (unpaired) electrons. The number of hydrogen-bond acceptors (Lipinski definition) is 4. The first kappa shape index (κ1) is 16.7. The van der Waals surface area contributed by atoms with E-state index in [-0.39, 0.29) is 11.8 Å². The Labute approximate surface area is 152 Å². The molecule has 134 valence electrons. The molecule has 0 N–H and O–H groups in total. The smallest absolute Gasteiger partial charge is 0.274 e. The fourth-order valence-electron chi connectivity index (χ4n) is 4.02. The van der Waals surface area contributed by atoms with Crippen LogP contribution in [0.2, 0.25) is 0 Å². The molecule has 1 atom stereocenters. The van der Waals surface area contributed by atoms with Gasteiger partial charge in [-0.05, 0) is 38.3 Å². The summed E-state index contributed by atoms with van der Waals surface area (Å²) >= 11 is 0. The zero-order valence-electron chi connectivity index (χ0n) is 14.9. The SMILES string of the molecule is Cc1cnc(C(=O)N2CCC[C@]3(CCN(c4ccccc4)C3=O)C2)cn1. The molecule has 6 nitrogen and oxygen atoms in total. The van der Waals surface area contributed by atoms with E-state index in [0.29, 0.717) is 25.3 Å². The molecule has 1 spiro atoms. The number of aromatic nitrogens is 2. The Bertz CT molecular complexity index is 821. The number of carbonyl (C=O) groups excluding carboxylic acids is 2. The highest BCUT2D eigenvalue weighted by atomic mass is 16.2. The van der Waals surface area contributed by atoms with Crippen molar-refractivity contribution >= 4 is 17.5 Å². The van der Waals surface area contributed by atoms with Crippen LogP contribution in [0.1, 0.15) is 35.4 Å². The van der Waals surface area contributed by atoms with Gasteiger partial charge >= 0.3 is 0 Å². The fourth-order valence-corrected chi connectivity index (χ4v) is 4.02. The molecule has 2 aromatic rings. The summed E-state index contributed by atoms with van der Waals surface area (Å²) in [6.07, 6.45) is 5.57. The van der Waals surface area contributed by atoms with Gasteiger partial charge in [-0.25, -0.2) is 4.98 Å². The molecule has 3 heterocycles. The molecule has 2 amide bonds. The minimum atomic E-state index is -0.470. The van der Waals surface area contributed by atoms with Crippen LogP contribution in [0, 0.1) is 12.3 Å². The maximum Gasteiger partial charge on any atom is 0.274 e. The molecule has 1 aromatic carbocycles. The summed E-state index contributed by atoms with van der Waals surface area (Å²) in [5, 5.41) is 0. The number of hydrogen-bond donors (Lipinski definition) is 0. The third kappa shape index (κ3) is 2.85. The van der Waals surface area contributed by atoms with Crippen molar-refractivity contribution in [3.63, 3.8) is 0 Å². The van der Waals surface area contributed by atoms with Crippen LogP contribution in [0.5, 0.6) is 0 Å². The van der Waals surface area contributed by atoms with Crippen LogP contribution in [0.25, 0.3) is 0 Å². The van der Waals surface area contributed by atoms with E-state index in [4.69, 9.17) is 0 Å². The van der Waals surface area contributed by atoms with Gasteiger partial charge in [-0.15, -0.1) is 0 Å². The third-order valence-electron chi connectivity index (χ3n) is 5.44. The standard InChI is InChI=1S/C20H22N4O2/c1-15-12-22-17(13-21-15)18(25)23-10-5-8-20(14-23)9-11-24(19(20)26)16-6-3-2-4-7-16/h2-4,6-7,12-13H,5,8-11,14H2,1H3/t20-/m0/s1. The average molecular weight is 350 g/mol. The van der Waals surface area contributed by atoms with Crippen LogP contribution in [0.3, 0.4) is 0 Å². The van der Waals surface area contributed by atoms with E-state index in [2.05, 4.69) is 9.97 Å². The van der Waals surface area contributed by atoms with E-state index < -0.39 is 5.41 Å². The number of carbonyl (C=O) groups is 2. The number of anilines is 1. The van der Waals surface area contributed by atoms with E-state index in [1.807, 2.05) is 42.2 Å². The van der Waals surface area contributed by atoms with E-state index in [0.717, 1.165) is 30.6 Å². The third-order valence-corrected chi connectivity index (χ3v) is 5.44. The van der Waals surface area contributed by atoms with Crippen molar-refractivity contribution in [2.24, 2.45) is 5.41 Å². The van der Waals surface area contributed by atoms with Crippen LogP contribution < -0.4 is 4.90 Å². The predicted octanol–water partition coefficient (Wildman–Crippen LogP) is 2.44. The molecule has 2 fully saturated rings. The molecule has 0 saturated carbocycles. The maximum atomic E-state index is 13.2. The largest absolute Gasteiger partial charge is 0.336 e. The van der Waals surface area contributed by atoms with Gasteiger partial charge in [0.15, 0.2) is 0 Å². The van der Waals surface area contributed by atoms with Crippen molar-refractivity contribution in [1.29, 1.82) is 0 Å². The monoisotopic (exact) mass is 350 g/mol. The number of piperidine rings is 1. The van der Waals surface area contributed by atoms with Crippen molar-refractivity contribution < 1.29 is 9.59 Å². The fraction of sp³-hybridized carbons (Fsp3) is 0.400. The zero-order chi connectivity index (χ0) is 18.1. The Morgan fingerprint density at radius 3 is 2.62 bits per heavy atom. The van der Waals surface area contributed by atoms with Crippen LogP contribution in [-0.4, -0.2) is 46.3 Å². The Morgan fingerprint density at radius 1 is 1.08 bits per heavy atom. The second-order valence-electron chi connectivity index (χ2n) is 7.20. The minimum absolute atomic E-state index is 0.135. The lowest BCUT2D eigenvalue weighted by molar-refractivity contribution is -0.127. The van der Waals surface area contributed by atoms with Crippen molar-refractivity contribution in [2.75, 3.05) is 24.5 Å². The molecule has 2 aliphatic heterocycles. The van der Waals surface area contributed by atoms with Crippen molar-refractivity contribution in [2.45, 2.75) is 26.2 Å². The molecule has 0 aliphatic carbocycles. The molecule has 0 bridgehead atoms. The average Bonchev–Trinajstić information content (AvgIpc) is 2.98. The van der Waals surface area contributed by atoms with Crippen LogP contribution in [-0.2, 0) is 4.79 Å². The van der Waals surface area contributed by atoms with Crippen molar-refractivity contribution in [1.82, 2.24) is 14.9 Å². The molecule has 2 aliphatic rings. The maximum absolute atomic E-state index is 13.2. The summed E-state index contributed by atoms with van der Waals surface area (Å²) in [6, 6.07) is 9.76. The number of nitrogens with zero attached hydrogens (tertiary/aromatic N) is 4. The van der Waals surface area contributed by atoms with E-state index >= 15 is 0 Å². The highest BCUT2D eigenvalue weighted by Crippen LogP contribution is 2.42. The highest BCUT2D eigenvalue weighted by molar-refractivity contribution is 6.01. The lowest BCUT2D eigenvalue weighted by Crippen LogP contribution is -2.50. The first-order valence-corrected chi connectivity index (χ1v) is 9.04. The van der Waals surface area contributed by atoms with Gasteiger partial charge in [-0.2, -0.15) is 0 Å². The van der Waals surface area contributed by atoms with Gasteiger partial charge in [-0.3, -0.25) is 14.6 Å². The zero-order valence-corrected chi connectivity index (χ0v) is 14.9. The summed E-state index contributed by atoms with van der Waals surface area (Å²) in [4.78, 5) is 38.0. The van der Waals surface area contributed by atoms with Gasteiger partial charge in [-0.1, -0.05) is 18.2 Å². The minimum Gasteiger partial charge on any atom is -0.336 e. The molecule has 2 saturated heterocycles. The molecular weight excluding hydrogens is 328 g/mol. The van der Waals surface area contributed by atoms with Gasteiger partial charge in [0.2, 0.25) is 5.91 Å². The van der Waals surface area contributed by atoms with Crippen molar-refractivity contribution in [3.8, 4) is 0 Å². The van der Waals surface area contributed by atoms with Crippen molar-refractivity contribution in [3.05, 3.63) is 54.1 Å². The van der Waals surface area contributed by atoms with Gasteiger partial charge < -0.3 is 9.80 Å². The van der Waals surface area contributed by atoms with Gasteiger partial charge in [0.05, 0.1) is 17.3 Å². The summed E-state index contributed by atoms with van der Waals surface area (Å²) in [7, 11) is 0. The van der Waals surface area contributed by atoms with E-state index in [1.54, 1.807) is 11.1 Å². The Kier molecular flexibility index (Phi) is 4.18. The second kappa shape index (κ2) is 6.52. The number of benzene rings is 1. The molecule has 26 heavy (non-hydrogen) atoms. The number of rotatable bonds is 2. The topological polar surface area (TPSA) is 66.4 Å². The summed E-state index contributed by atoms with van der Waals surface area (Å²) in [5.74, 6) is -0.00118. The summed E-state index contributed by atoms with van der Waals surface area (Å²) in [5.41, 5.74) is 1.59. The molecule has 0 unspecified atom stereocenters. The lowest BCUT2D eigenvalue weighted by atomic mass is 9.78. The Morgan fingerprint density at radius 2 is 1.88 bits per heavy atom. The lowest BCUT2D eigenvalue weighted by Gasteiger charge is -2.38. The van der Waals surface area contributed by atoms with Crippen LogP contribution in [0.15, 0.2) is 42.7 Å². The first-order chi connectivity index (χ1) is 12.6. The molecular formula is C20H22N4O2. The van der Waals surface area contributed by atoms with E-state index in [1.165, 1.54) is 6.20 Å². The number of amides is 2. The molecule has 4 rings (SSSR count). The van der Waals surface area contributed by atoms with E-state index in [9.17, 15) is 9.59 Å². The second-order valence-corrected chi connectivity index (χ2v) is 7.20. The summed E-state index contributed by atoms with van der Waals surface area (Å²) in [6.45, 7) is 3.67. The molecule has 6 heteroatoms. The quantitative estimate of drug-likeness (QED) is 0.834. The first-order valence-electron chi connectivity index (χ1n) is 9.04. The highest BCUT2D eigenvalue weighted by Gasteiger charge is 2.50. The predicted molar refractivity (Wildman–Crippen MR) is 97.8 cm³/mol. The Balaban J connectivity index is 1.54. The number of para-hydroxylation sites is 1.